The molecule has 11 nitrogen and oxygen atoms in total. The second-order valence-corrected chi connectivity index (χ2v) is 11.9. The highest BCUT2D eigenvalue weighted by atomic mass is 35.5. The summed E-state index contributed by atoms with van der Waals surface area (Å²) in [5.74, 6) is 0.251. The first-order chi connectivity index (χ1) is 18.2. The summed E-state index contributed by atoms with van der Waals surface area (Å²) in [5, 5.41) is 19.6. The monoisotopic (exact) mass is 555 g/mol. The number of nitrogens with zero attached hydrogens (tertiary/aromatic N) is 6. The van der Waals surface area contributed by atoms with E-state index in [9.17, 15) is 23.7 Å². The van der Waals surface area contributed by atoms with Crippen molar-refractivity contribution in [3.8, 4) is 12.1 Å². The van der Waals surface area contributed by atoms with Gasteiger partial charge in [-0.3, -0.25) is 9.69 Å². The van der Waals surface area contributed by atoms with E-state index in [0.717, 1.165) is 12.2 Å². The number of amides is 1. The maximum atomic E-state index is 13.8. The van der Waals surface area contributed by atoms with Crippen molar-refractivity contribution in [1.29, 1.82) is 10.5 Å². The summed E-state index contributed by atoms with van der Waals surface area (Å²) in [7, 11) is -2.08. The molecule has 0 saturated carbocycles. The molecule has 5 rings (SSSR count). The van der Waals surface area contributed by atoms with Gasteiger partial charge in [0.05, 0.1) is 30.8 Å². The summed E-state index contributed by atoms with van der Waals surface area (Å²) >= 11 is 6.13. The average Bonchev–Trinajstić information content (AvgIpc) is 3.48. The first-order valence-electron chi connectivity index (χ1n) is 12.2. The lowest BCUT2D eigenvalue weighted by atomic mass is 10.1. The van der Waals surface area contributed by atoms with Crippen molar-refractivity contribution in [1.82, 2.24) is 24.1 Å². The van der Waals surface area contributed by atoms with Crippen LogP contribution in [0.4, 0.5) is 0 Å². The lowest BCUT2D eigenvalue weighted by Crippen LogP contribution is -2.56. The molecular formula is C25H26ClN7O4S. The quantitative estimate of drug-likeness (QED) is 0.487. The van der Waals surface area contributed by atoms with E-state index in [1.165, 1.54) is 4.31 Å². The van der Waals surface area contributed by atoms with Crippen LogP contribution in [-0.2, 0) is 29.4 Å². The van der Waals surface area contributed by atoms with Crippen molar-refractivity contribution in [2.24, 2.45) is 0 Å². The number of aromatic nitrogens is 2. The highest BCUT2D eigenvalue weighted by Crippen LogP contribution is 2.32. The van der Waals surface area contributed by atoms with E-state index < -0.39 is 22.0 Å². The van der Waals surface area contributed by atoms with Crippen LogP contribution in [0.15, 0.2) is 27.6 Å². The Hall–Kier alpha value is -3.42. The van der Waals surface area contributed by atoms with Gasteiger partial charge >= 0.3 is 5.91 Å². The molecule has 1 unspecified atom stereocenters. The molecule has 0 radical (unpaired) electrons. The van der Waals surface area contributed by atoms with E-state index >= 15 is 0 Å². The minimum Gasteiger partial charge on any atom is -0.436 e. The third-order valence-corrected chi connectivity index (χ3v) is 9.19. The number of hydrogen-bond acceptors (Lipinski definition) is 8. The normalized spacial score (nSPS) is 18.7. The summed E-state index contributed by atoms with van der Waals surface area (Å²) in [4.78, 5) is 24.5. The van der Waals surface area contributed by atoms with Crippen molar-refractivity contribution in [2.75, 3.05) is 33.2 Å². The SMILES string of the molecule is CN1CCc2nc(C(=O)N3CCN(S(=O)(=O)c4[nH]c5ccc(Cl)cc5c4CC#N)CC3CCC#N)oc2C1. The van der Waals surface area contributed by atoms with Gasteiger partial charge in [-0.2, -0.15) is 14.8 Å². The molecule has 4 heterocycles. The van der Waals surface area contributed by atoms with Crippen LogP contribution in [0.2, 0.25) is 5.02 Å². The number of aromatic amines is 1. The molecule has 0 aliphatic carbocycles. The average molecular weight is 556 g/mol. The molecule has 198 valence electrons. The second kappa shape index (κ2) is 10.4. The Morgan fingerprint density at radius 3 is 2.84 bits per heavy atom. The van der Waals surface area contributed by atoms with Crippen LogP contribution in [0.1, 0.15) is 40.5 Å². The van der Waals surface area contributed by atoms with Crippen molar-refractivity contribution in [2.45, 2.75) is 43.3 Å². The van der Waals surface area contributed by atoms with Crippen LogP contribution in [0.25, 0.3) is 10.9 Å². The molecule has 1 fully saturated rings. The lowest BCUT2D eigenvalue weighted by Gasteiger charge is -2.40. The molecule has 1 atom stereocenters. The van der Waals surface area contributed by atoms with Crippen molar-refractivity contribution in [3.63, 3.8) is 0 Å². The predicted molar refractivity (Wildman–Crippen MR) is 138 cm³/mol. The number of sulfonamides is 1. The molecule has 2 aromatic heterocycles. The molecule has 1 saturated heterocycles. The van der Waals surface area contributed by atoms with Gasteiger partial charge in [0.2, 0.25) is 0 Å². The molecule has 0 spiro atoms. The number of hydrogen-bond donors (Lipinski definition) is 1. The number of carbonyl (C=O) groups excluding carboxylic acids is 1. The standard InChI is InChI=1S/C25H26ClN7O4S/c1-31-10-7-21-22(15-31)37-23(29-21)25(34)33-12-11-32(14-17(33)3-2-8-27)38(35,36)24-18(6-9-28)19-13-16(26)4-5-20(19)30-24/h4-5,13,17,30H,2-3,6-7,10-12,14-15H2,1H3. The van der Waals surface area contributed by atoms with Crippen LogP contribution in [-0.4, -0.2) is 77.7 Å². The summed E-state index contributed by atoms with van der Waals surface area (Å²) in [5.41, 5.74) is 1.68. The fraction of sp³-hybridized carbons (Fsp3) is 0.440. The topological polar surface area (TPSA) is 150 Å². The number of halogens is 1. The number of nitriles is 2. The Morgan fingerprint density at radius 1 is 1.26 bits per heavy atom. The van der Waals surface area contributed by atoms with Crippen molar-refractivity contribution < 1.29 is 17.6 Å². The van der Waals surface area contributed by atoms with Crippen molar-refractivity contribution >= 4 is 38.4 Å². The third kappa shape index (κ3) is 4.76. The smallest absolute Gasteiger partial charge is 0.310 e. The van der Waals surface area contributed by atoms with Gasteiger partial charge in [-0.1, -0.05) is 11.6 Å². The third-order valence-electron chi connectivity index (χ3n) is 7.08. The molecule has 13 heteroatoms. The zero-order chi connectivity index (χ0) is 27.0. The number of H-pyrrole nitrogens is 1. The van der Waals surface area contributed by atoms with Gasteiger partial charge in [0.15, 0.2) is 5.03 Å². The highest BCUT2D eigenvalue weighted by Gasteiger charge is 2.39. The number of piperazine rings is 1. The summed E-state index contributed by atoms with van der Waals surface area (Å²) in [6, 6.07) is 8.55. The molecule has 2 aliphatic heterocycles. The Bertz CT molecular complexity index is 1580. The van der Waals surface area contributed by atoms with E-state index in [-0.39, 0.29) is 43.4 Å². The largest absolute Gasteiger partial charge is 0.436 e. The zero-order valence-electron chi connectivity index (χ0n) is 20.8. The number of carbonyl (C=O) groups is 1. The fourth-order valence-corrected chi connectivity index (χ4v) is 6.98. The predicted octanol–water partition coefficient (Wildman–Crippen LogP) is 2.68. The lowest BCUT2D eigenvalue weighted by molar-refractivity contribution is 0.0510. The minimum absolute atomic E-state index is 0.00102. The molecule has 0 bridgehead atoms. The molecule has 1 N–H and O–H groups in total. The molecule has 38 heavy (non-hydrogen) atoms. The van der Waals surface area contributed by atoms with Crippen LogP contribution in [0.3, 0.4) is 0 Å². The van der Waals surface area contributed by atoms with Gasteiger partial charge in [-0.25, -0.2) is 13.4 Å². The van der Waals surface area contributed by atoms with Gasteiger partial charge in [0.1, 0.15) is 5.76 Å². The van der Waals surface area contributed by atoms with E-state index in [0.29, 0.717) is 46.6 Å². The van der Waals surface area contributed by atoms with Crippen LogP contribution >= 0.6 is 11.6 Å². The fourth-order valence-electron chi connectivity index (χ4n) is 5.13. The first kappa shape index (κ1) is 26.2. The number of nitrogens with one attached hydrogen (secondary N) is 1. The zero-order valence-corrected chi connectivity index (χ0v) is 22.3. The maximum Gasteiger partial charge on any atom is 0.310 e. The van der Waals surface area contributed by atoms with E-state index in [1.54, 1.807) is 23.1 Å². The highest BCUT2D eigenvalue weighted by molar-refractivity contribution is 7.89. The number of oxazole rings is 1. The second-order valence-electron chi connectivity index (χ2n) is 9.55. The Labute approximate surface area is 225 Å². The van der Waals surface area contributed by atoms with Gasteiger partial charge < -0.3 is 14.3 Å². The summed E-state index contributed by atoms with van der Waals surface area (Å²) < 4.78 is 34.7. The van der Waals surface area contributed by atoms with E-state index in [4.69, 9.17) is 16.0 Å². The van der Waals surface area contributed by atoms with E-state index in [2.05, 4.69) is 20.9 Å². The molecule has 3 aromatic rings. The Morgan fingerprint density at radius 2 is 2.08 bits per heavy atom. The summed E-state index contributed by atoms with van der Waals surface area (Å²) in [6.45, 7) is 1.55. The van der Waals surface area contributed by atoms with Gasteiger partial charge in [-0.05, 0) is 31.7 Å². The van der Waals surface area contributed by atoms with Gasteiger partial charge in [0.25, 0.3) is 15.9 Å². The first-order valence-corrected chi connectivity index (χ1v) is 14.1. The molecule has 1 aromatic carbocycles. The number of rotatable bonds is 6. The van der Waals surface area contributed by atoms with Crippen LogP contribution in [0.5, 0.6) is 0 Å². The minimum atomic E-state index is -4.05. The number of fused-ring (bicyclic) bond motifs is 2. The van der Waals surface area contributed by atoms with Crippen LogP contribution < -0.4 is 0 Å². The molecule has 2 aliphatic rings. The summed E-state index contributed by atoms with van der Waals surface area (Å²) in [6.07, 6.45) is 1.02. The van der Waals surface area contributed by atoms with Crippen LogP contribution in [0, 0.1) is 22.7 Å². The van der Waals surface area contributed by atoms with E-state index in [1.807, 2.05) is 13.1 Å². The molecule has 1 amide bonds. The molecular weight excluding hydrogens is 530 g/mol. The Balaban J connectivity index is 1.43. The van der Waals surface area contributed by atoms with Gasteiger partial charge in [0, 0.05) is 66.6 Å². The maximum absolute atomic E-state index is 13.8. The van der Waals surface area contributed by atoms with Gasteiger partial charge in [-0.15, -0.1) is 0 Å². The van der Waals surface area contributed by atoms with Crippen molar-refractivity contribution in [3.05, 3.63) is 46.1 Å². The number of benzene rings is 1. The number of likely N-dealkylation sites (N-methyl/N-ethyl adjacent to an activating group) is 1. The Kier molecular flexibility index (Phi) is 7.16.